The molecule has 0 amide bonds. The molecule has 90 valence electrons. The normalized spacial score (nSPS) is 11.7. The molecule has 0 unspecified atom stereocenters. The Morgan fingerprint density at radius 3 is 2.71 bits per heavy atom. The van der Waals surface area contributed by atoms with Crippen LogP contribution in [0.3, 0.4) is 0 Å². The Balaban J connectivity index is 2.13. The molecule has 1 aromatic heterocycles. The largest absolute Gasteiger partial charge is 0.390 e. The van der Waals surface area contributed by atoms with E-state index < -0.39 is 12.6 Å². The first-order chi connectivity index (χ1) is 8.06. The van der Waals surface area contributed by atoms with E-state index in [1.165, 1.54) is 0 Å². The third-order valence-corrected chi connectivity index (χ3v) is 2.27. The van der Waals surface area contributed by atoms with Crippen LogP contribution in [0.5, 0.6) is 0 Å². The molecule has 0 saturated carbocycles. The summed E-state index contributed by atoms with van der Waals surface area (Å²) in [4.78, 5) is 0. The lowest BCUT2D eigenvalue weighted by atomic mass is 10.2. The average molecular weight is 241 g/mol. The van der Waals surface area contributed by atoms with Crippen molar-refractivity contribution in [2.24, 2.45) is 0 Å². The summed E-state index contributed by atoms with van der Waals surface area (Å²) in [5.41, 5.74) is 0. The van der Waals surface area contributed by atoms with Crippen LogP contribution in [-0.4, -0.2) is 22.9 Å². The molecule has 0 radical (unpaired) electrons. The number of nitrogens with zero attached hydrogens (tertiary/aromatic N) is 2. The molecule has 0 fully saturated rings. The molecule has 2 rings (SSSR count). The van der Waals surface area contributed by atoms with E-state index in [-0.39, 0.29) is 6.54 Å². The standard InChI is InChI=1S/C11H10F3N3/c12-11(13,14)5-6-15-10-9-4-2-1-3-8(9)7-16-17-10/h1-4,7H,5-6H2,(H,15,17). The molecule has 0 spiro atoms. The van der Waals surface area contributed by atoms with E-state index >= 15 is 0 Å². The van der Waals surface area contributed by atoms with E-state index in [4.69, 9.17) is 0 Å². The number of halogens is 3. The molecule has 0 atom stereocenters. The zero-order valence-corrected chi connectivity index (χ0v) is 8.83. The van der Waals surface area contributed by atoms with Gasteiger partial charge in [0.2, 0.25) is 0 Å². The van der Waals surface area contributed by atoms with Gasteiger partial charge in [-0.25, -0.2) is 0 Å². The van der Waals surface area contributed by atoms with E-state index in [0.29, 0.717) is 5.82 Å². The number of hydrogen-bond donors (Lipinski definition) is 1. The quantitative estimate of drug-likeness (QED) is 0.897. The molecule has 0 bridgehead atoms. The molecule has 2 aromatic rings. The summed E-state index contributed by atoms with van der Waals surface area (Å²) in [6.45, 7) is -0.202. The Morgan fingerprint density at radius 2 is 1.94 bits per heavy atom. The van der Waals surface area contributed by atoms with Crippen LogP contribution in [-0.2, 0) is 0 Å². The van der Waals surface area contributed by atoms with Crippen molar-refractivity contribution >= 4 is 16.6 Å². The molecule has 0 saturated heterocycles. The number of hydrogen-bond acceptors (Lipinski definition) is 3. The van der Waals surface area contributed by atoms with E-state index in [1.54, 1.807) is 18.3 Å². The first-order valence-electron chi connectivity index (χ1n) is 5.07. The van der Waals surface area contributed by atoms with Gasteiger partial charge >= 0.3 is 6.18 Å². The van der Waals surface area contributed by atoms with Gasteiger partial charge in [0, 0.05) is 17.3 Å². The maximum Gasteiger partial charge on any atom is 0.390 e. The molecule has 1 aromatic carbocycles. The van der Waals surface area contributed by atoms with Crippen LogP contribution in [0.15, 0.2) is 30.5 Å². The van der Waals surface area contributed by atoms with Crippen molar-refractivity contribution in [3.63, 3.8) is 0 Å². The minimum Gasteiger partial charge on any atom is -0.368 e. The lowest BCUT2D eigenvalue weighted by Crippen LogP contribution is -2.15. The highest BCUT2D eigenvalue weighted by Gasteiger charge is 2.26. The topological polar surface area (TPSA) is 37.8 Å². The fraction of sp³-hybridized carbons (Fsp3) is 0.273. The zero-order valence-electron chi connectivity index (χ0n) is 8.83. The molecule has 17 heavy (non-hydrogen) atoms. The highest BCUT2D eigenvalue weighted by Crippen LogP contribution is 2.22. The molecular weight excluding hydrogens is 231 g/mol. The van der Waals surface area contributed by atoms with Gasteiger partial charge < -0.3 is 5.32 Å². The monoisotopic (exact) mass is 241 g/mol. The summed E-state index contributed by atoms with van der Waals surface area (Å²) in [6, 6.07) is 7.27. The average Bonchev–Trinajstić information content (AvgIpc) is 2.28. The number of alkyl halides is 3. The van der Waals surface area contributed by atoms with Gasteiger partial charge in [0.1, 0.15) is 0 Å². The van der Waals surface area contributed by atoms with Crippen LogP contribution in [0.1, 0.15) is 6.42 Å². The summed E-state index contributed by atoms with van der Waals surface area (Å²) in [5, 5.41) is 11.8. The van der Waals surface area contributed by atoms with Crippen molar-refractivity contribution in [1.29, 1.82) is 0 Å². The van der Waals surface area contributed by atoms with Crippen molar-refractivity contribution < 1.29 is 13.2 Å². The van der Waals surface area contributed by atoms with Gasteiger partial charge in [-0.1, -0.05) is 24.3 Å². The van der Waals surface area contributed by atoms with Crippen LogP contribution < -0.4 is 5.32 Å². The fourth-order valence-corrected chi connectivity index (χ4v) is 1.48. The van der Waals surface area contributed by atoms with Crippen molar-refractivity contribution in [2.45, 2.75) is 12.6 Å². The molecule has 3 nitrogen and oxygen atoms in total. The Morgan fingerprint density at radius 1 is 1.18 bits per heavy atom. The third-order valence-electron chi connectivity index (χ3n) is 2.27. The molecule has 1 N–H and O–H groups in total. The van der Waals surface area contributed by atoms with Crippen molar-refractivity contribution in [2.75, 3.05) is 11.9 Å². The van der Waals surface area contributed by atoms with Crippen LogP contribution in [0.2, 0.25) is 0 Å². The smallest absolute Gasteiger partial charge is 0.368 e. The van der Waals surface area contributed by atoms with E-state index in [2.05, 4.69) is 15.5 Å². The van der Waals surface area contributed by atoms with Crippen LogP contribution >= 0.6 is 0 Å². The molecule has 0 aliphatic carbocycles. The highest BCUT2D eigenvalue weighted by atomic mass is 19.4. The SMILES string of the molecule is FC(F)(F)CCNc1nncc2ccccc12. The maximum absolute atomic E-state index is 12.0. The lowest BCUT2D eigenvalue weighted by Gasteiger charge is -2.09. The van der Waals surface area contributed by atoms with Crippen LogP contribution in [0.25, 0.3) is 10.8 Å². The Bertz CT molecular complexity index is 505. The van der Waals surface area contributed by atoms with Gasteiger partial charge in [0.05, 0.1) is 12.6 Å². The predicted molar refractivity (Wildman–Crippen MR) is 58.7 cm³/mol. The summed E-state index contributed by atoms with van der Waals surface area (Å²) < 4.78 is 36.0. The predicted octanol–water partition coefficient (Wildman–Crippen LogP) is 2.99. The second kappa shape index (κ2) is 4.57. The van der Waals surface area contributed by atoms with E-state index in [9.17, 15) is 13.2 Å². The van der Waals surface area contributed by atoms with Gasteiger partial charge in [-0.3, -0.25) is 0 Å². The summed E-state index contributed by atoms with van der Waals surface area (Å²) in [7, 11) is 0. The summed E-state index contributed by atoms with van der Waals surface area (Å²) in [5.74, 6) is 0.382. The maximum atomic E-state index is 12.0. The number of anilines is 1. The van der Waals surface area contributed by atoms with E-state index in [0.717, 1.165) is 10.8 Å². The summed E-state index contributed by atoms with van der Waals surface area (Å²) >= 11 is 0. The molecule has 0 aliphatic heterocycles. The highest BCUT2D eigenvalue weighted by molar-refractivity contribution is 5.90. The zero-order chi connectivity index (χ0) is 12.3. The third kappa shape index (κ3) is 3.05. The number of fused-ring (bicyclic) bond motifs is 1. The van der Waals surface area contributed by atoms with Crippen molar-refractivity contribution in [1.82, 2.24) is 10.2 Å². The number of aromatic nitrogens is 2. The van der Waals surface area contributed by atoms with Crippen LogP contribution in [0, 0.1) is 0 Å². The van der Waals surface area contributed by atoms with Crippen molar-refractivity contribution in [3.05, 3.63) is 30.5 Å². The Kier molecular flexibility index (Phi) is 3.12. The first-order valence-corrected chi connectivity index (χ1v) is 5.07. The second-order valence-electron chi connectivity index (χ2n) is 3.57. The van der Waals surface area contributed by atoms with Crippen molar-refractivity contribution in [3.8, 4) is 0 Å². The van der Waals surface area contributed by atoms with Crippen LogP contribution in [0.4, 0.5) is 19.0 Å². The number of nitrogens with one attached hydrogen (secondary N) is 1. The number of benzene rings is 1. The molecule has 1 heterocycles. The van der Waals surface area contributed by atoms with Gasteiger partial charge in [-0.05, 0) is 0 Å². The minimum atomic E-state index is -4.16. The number of rotatable bonds is 3. The fourth-order valence-electron chi connectivity index (χ4n) is 1.48. The second-order valence-corrected chi connectivity index (χ2v) is 3.57. The minimum absolute atomic E-state index is 0.202. The van der Waals surface area contributed by atoms with Gasteiger partial charge in [0.25, 0.3) is 0 Å². The molecule has 6 heteroatoms. The molecule has 0 aliphatic rings. The van der Waals surface area contributed by atoms with Gasteiger partial charge in [-0.2, -0.15) is 18.3 Å². The van der Waals surface area contributed by atoms with Gasteiger partial charge in [-0.15, -0.1) is 5.10 Å². The molecular formula is C11H10F3N3. The Labute approximate surface area is 95.7 Å². The Hall–Kier alpha value is -1.85. The first kappa shape index (κ1) is 11.6. The lowest BCUT2D eigenvalue weighted by molar-refractivity contribution is -0.131. The van der Waals surface area contributed by atoms with Gasteiger partial charge in [0.15, 0.2) is 5.82 Å². The van der Waals surface area contributed by atoms with E-state index in [1.807, 2.05) is 12.1 Å². The summed E-state index contributed by atoms with van der Waals surface area (Å²) in [6.07, 6.45) is -3.48.